The summed E-state index contributed by atoms with van der Waals surface area (Å²) in [5, 5.41) is 0. The highest BCUT2D eigenvalue weighted by Gasteiger charge is 2.11. The summed E-state index contributed by atoms with van der Waals surface area (Å²) in [5.74, 6) is 0.769. The smallest absolute Gasteiger partial charge is 0.194 e. The molecule has 1 aromatic heterocycles. The Bertz CT molecular complexity index is 591. The number of ether oxygens (including phenoxy) is 1. The van der Waals surface area contributed by atoms with Gasteiger partial charge in [0.25, 0.3) is 0 Å². The summed E-state index contributed by atoms with van der Waals surface area (Å²) in [6, 6.07) is 7.26. The molecule has 0 N–H and O–H groups in total. The number of nitrogens with zero attached hydrogens (tertiary/aromatic N) is 1. The lowest BCUT2D eigenvalue weighted by Crippen LogP contribution is -2.03. The molecule has 0 fully saturated rings. The van der Waals surface area contributed by atoms with Crippen molar-refractivity contribution >= 4 is 5.78 Å². The van der Waals surface area contributed by atoms with E-state index in [1.54, 1.807) is 25.6 Å². The van der Waals surface area contributed by atoms with Gasteiger partial charge in [0, 0.05) is 23.5 Å². The highest BCUT2D eigenvalue weighted by Crippen LogP contribution is 2.20. The van der Waals surface area contributed by atoms with Gasteiger partial charge in [0.05, 0.1) is 7.11 Å². The fourth-order valence-electron chi connectivity index (χ4n) is 1.87. The molecule has 3 nitrogen and oxygen atoms in total. The zero-order chi connectivity index (χ0) is 13.1. The Balaban J connectivity index is 2.37. The van der Waals surface area contributed by atoms with E-state index in [1.165, 1.54) is 0 Å². The number of aromatic nitrogens is 1. The molecule has 0 spiro atoms. The Morgan fingerprint density at radius 2 is 1.89 bits per heavy atom. The van der Waals surface area contributed by atoms with Gasteiger partial charge in [-0.1, -0.05) is 0 Å². The second-order valence-electron chi connectivity index (χ2n) is 4.26. The van der Waals surface area contributed by atoms with E-state index in [1.807, 2.05) is 32.0 Å². The van der Waals surface area contributed by atoms with Crippen molar-refractivity contribution in [2.75, 3.05) is 7.11 Å². The highest BCUT2D eigenvalue weighted by molar-refractivity contribution is 6.09. The van der Waals surface area contributed by atoms with Gasteiger partial charge >= 0.3 is 0 Å². The molecule has 2 rings (SSSR count). The van der Waals surface area contributed by atoms with Crippen LogP contribution < -0.4 is 4.74 Å². The Morgan fingerprint density at radius 3 is 2.50 bits per heavy atom. The monoisotopic (exact) mass is 241 g/mol. The number of ketones is 1. The van der Waals surface area contributed by atoms with Crippen LogP contribution in [0.25, 0.3) is 0 Å². The Labute approximate surface area is 106 Å². The molecule has 18 heavy (non-hydrogen) atoms. The average molecular weight is 241 g/mol. The molecule has 0 aliphatic heterocycles. The maximum Gasteiger partial charge on any atom is 0.194 e. The summed E-state index contributed by atoms with van der Waals surface area (Å²) in [7, 11) is 1.62. The second kappa shape index (κ2) is 5.00. The maximum atomic E-state index is 12.3. The molecule has 1 heterocycles. The molecule has 0 amide bonds. The number of aryl methyl sites for hydroxylation is 2. The first-order valence-electron chi connectivity index (χ1n) is 5.73. The molecule has 3 heteroatoms. The summed E-state index contributed by atoms with van der Waals surface area (Å²) < 4.78 is 5.18. The lowest BCUT2D eigenvalue weighted by atomic mass is 10.0. The molecule has 0 aliphatic rings. The third kappa shape index (κ3) is 2.40. The van der Waals surface area contributed by atoms with Gasteiger partial charge in [0.2, 0.25) is 0 Å². The van der Waals surface area contributed by atoms with Crippen LogP contribution in [0.4, 0.5) is 0 Å². The molecule has 0 aliphatic carbocycles. The van der Waals surface area contributed by atoms with Crippen molar-refractivity contribution in [1.82, 2.24) is 4.98 Å². The van der Waals surface area contributed by atoms with Crippen LogP contribution in [0.2, 0.25) is 0 Å². The van der Waals surface area contributed by atoms with Crippen LogP contribution in [0.3, 0.4) is 0 Å². The Kier molecular flexibility index (Phi) is 3.42. The number of methoxy groups -OCH3 is 1. The van der Waals surface area contributed by atoms with Crippen LogP contribution in [0.1, 0.15) is 27.0 Å². The largest absolute Gasteiger partial charge is 0.496 e. The summed E-state index contributed by atoms with van der Waals surface area (Å²) in [6.45, 7) is 3.84. The van der Waals surface area contributed by atoms with Crippen molar-refractivity contribution in [3.05, 3.63) is 58.9 Å². The SMILES string of the molecule is COc1ccc(C(=O)c2cncc(C)c2)cc1C. The zero-order valence-electron chi connectivity index (χ0n) is 10.7. The predicted octanol–water partition coefficient (Wildman–Crippen LogP) is 2.94. The number of pyridine rings is 1. The lowest BCUT2D eigenvalue weighted by Gasteiger charge is -2.07. The second-order valence-corrected chi connectivity index (χ2v) is 4.26. The van der Waals surface area contributed by atoms with Crippen molar-refractivity contribution in [2.45, 2.75) is 13.8 Å². The van der Waals surface area contributed by atoms with Gasteiger partial charge in [-0.2, -0.15) is 0 Å². The zero-order valence-corrected chi connectivity index (χ0v) is 10.7. The number of hydrogen-bond acceptors (Lipinski definition) is 3. The third-order valence-corrected chi connectivity index (χ3v) is 2.79. The molecule has 0 unspecified atom stereocenters. The molecular weight excluding hydrogens is 226 g/mol. The van der Waals surface area contributed by atoms with Gasteiger partial charge in [0.1, 0.15) is 5.75 Å². The van der Waals surface area contributed by atoms with E-state index in [0.717, 1.165) is 16.9 Å². The number of benzene rings is 1. The molecule has 0 radical (unpaired) electrons. The molecule has 0 saturated heterocycles. The van der Waals surface area contributed by atoms with Gasteiger partial charge in [-0.25, -0.2) is 0 Å². The molecular formula is C15H15NO2. The number of carbonyl (C=O) groups excluding carboxylic acids is 1. The van der Waals surface area contributed by atoms with E-state index in [2.05, 4.69) is 4.98 Å². The predicted molar refractivity (Wildman–Crippen MR) is 70.1 cm³/mol. The van der Waals surface area contributed by atoms with Gasteiger partial charge in [-0.15, -0.1) is 0 Å². The quantitative estimate of drug-likeness (QED) is 0.775. The molecule has 0 saturated carbocycles. The average Bonchev–Trinajstić information content (AvgIpc) is 2.37. The standard InChI is InChI=1S/C15H15NO2/c1-10-6-13(9-16-8-10)15(17)12-4-5-14(18-3)11(2)7-12/h4-9H,1-3H3. The van der Waals surface area contributed by atoms with Gasteiger partial charge in [-0.3, -0.25) is 9.78 Å². The lowest BCUT2D eigenvalue weighted by molar-refractivity contribution is 0.103. The van der Waals surface area contributed by atoms with E-state index in [0.29, 0.717) is 11.1 Å². The summed E-state index contributed by atoms with van der Waals surface area (Å²) >= 11 is 0. The van der Waals surface area contributed by atoms with E-state index >= 15 is 0 Å². The van der Waals surface area contributed by atoms with E-state index in [-0.39, 0.29) is 5.78 Å². The number of hydrogen-bond donors (Lipinski definition) is 0. The van der Waals surface area contributed by atoms with E-state index in [9.17, 15) is 4.79 Å². The summed E-state index contributed by atoms with van der Waals surface area (Å²) in [6.07, 6.45) is 3.32. The van der Waals surface area contributed by atoms with Crippen LogP contribution in [0.15, 0.2) is 36.7 Å². The van der Waals surface area contributed by atoms with Crippen molar-refractivity contribution in [3.8, 4) is 5.75 Å². The van der Waals surface area contributed by atoms with Gasteiger partial charge < -0.3 is 4.74 Å². The van der Waals surface area contributed by atoms with Crippen LogP contribution in [0.5, 0.6) is 5.75 Å². The van der Waals surface area contributed by atoms with Crippen molar-refractivity contribution < 1.29 is 9.53 Å². The highest BCUT2D eigenvalue weighted by atomic mass is 16.5. The maximum absolute atomic E-state index is 12.3. The molecule has 92 valence electrons. The van der Waals surface area contributed by atoms with Crippen molar-refractivity contribution in [1.29, 1.82) is 0 Å². The fraction of sp³-hybridized carbons (Fsp3) is 0.200. The summed E-state index contributed by atoms with van der Waals surface area (Å²) in [5.41, 5.74) is 3.19. The topological polar surface area (TPSA) is 39.2 Å². The van der Waals surface area contributed by atoms with Crippen molar-refractivity contribution in [2.24, 2.45) is 0 Å². The number of carbonyl (C=O) groups is 1. The molecule has 2 aromatic rings. The van der Waals surface area contributed by atoms with Crippen LogP contribution in [-0.4, -0.2) is 17.9 Å². The van der Waals surface area contributed by atoms with E-state index < -0.39 is 0 Å². The minimum atomic E-state index is -0.0167. The Morgan fingerprint density at radius 1 is 1.11 bits per heavy atom. The van der Waals surface area contributed by atoms with Crippen LogP contribution in [0, 0.1) is 13.8 Å². The first-order valence-corrected chi connectivity index (χ1v) is 5.73. The van der Waals surface area contributed by atoms with E-state index in [4.69, 9.17) is 4.74 Å². The molecule has 0 bridgehead atoms. The minimum absolute atomic E-state index is 0.0167. The third-order valence-electron chi connectivity index (χ3n) is 2.79. The fourth-order valence-corrected chi connectivity index (χ4v) is 1.87. The normalized spacial score (nSPS) is 10.2. The van der Waals surface area contributed by atoms with Crippen LogP contribution >= 0.6 is 0 Å². The van der Waals surface area contributed by atoms with Crippen molar-refractivity contribution in [3.63, 3.8) is 0 Å². The summed E-state index contributed by atoms with van der Waals surface area (Å²) in [4.78, 5) is 16.3. The Hall–Kier alpha value is -2.16. The first kappa shape index (κ1) is 12.3. The van der Waals surface area contributed by atoms with Crippen LogP contribution in [-0.2, 0) is 0 Å². The first-order chi connectivity index (χ1) is 8.61. The van der Waals surface area contributed by atoms with Gasteiger partial charge in [-0.05, 0) is 49.2 Å². The minimum Gasteiger partial charge on any atom is -0.496 e. The molecule has 0 atom stereocenters. The number of rotatable bonds is 3. The van der Waals surface area contributed by atoms with Gasteiger partial charge in [0.15, 0.2) is 5.78 Å². The molecule has 1 aromatic carbocycles.